The molecule has 14 heavy (non-hydrogen) atoms. The third-order valence-electron chi connectivity index (χ3n) is 2.55. The first-order chi connectivity index (χ1) is 6.66. The average Bonchev–Trinajstić information content (AvgIpc) is 2.57. The molecule has 0 saturated carbocycles. The summed E-state index contributed by atoms with van der Waals surface area (Å²) in [6.45, 7) is 3.55. The Hall–Kier alpha value is -0.580. The lowest BCUT2D eigenvalue weighted by atomic mass is 10.2. The molecule has 2 rings (SSSR count). The Labute approximate surface area is 97.4 Å². The van der Waals surface area contributed by atoms with Crippen molar-refractivity contribution in [2.45, 2.75) is 13.3 Å². The van der Waals surface area contributed by atoms with Crippen LogP contribution in [0.2, 0.25) is 0 Å². The van der Waals surface area contributed by atoms with E-state index in [0.29, 0.717) is 18.7 Å². The molecule has 3 heteroatoms. The van der Waals surface area contributed by atoms with Gasteiger partial charge in [0.05, 0.1) is 6.54 Å². The highest BCUT2D eigenvalue weighted by Crippen LogP contribution is 2.22. The van der Waals surface area contributed by atoms with Crippen LogP contribution in [0, 0.1) is 10.5 Å². The number of ketones is 1. The number of rotatable bonds is 1. The quantitative estimate of drug-likeness (QED) is 0.742. The molecular formula is C11H12INO. The second kappa shape index (κ2) is 3.88. The summed E-state index contributed by atoms with van der Waals surface area (Å²) in [5.41, 5.74) is 2.46. The summed E-state index contributed by atoms with van der Waals surface area (Å²) in [6, 6.07) is 6.35. The van der Waals surface area contributed by atoms with E-state index in [2.05, 4.69) is 52.6 Å². The molecule has 1 heterocycles. The summed E-state index contributed by atoms with van der Waals surface area (Å²) < 4.78 is 1.26. The second-order valence-electron chi connectivity index (χ2n) is 3.64. The number of halogens is 1. The van der Waals surface area contributed by atoms with Gasteiger partial charge >= 0.3 is 0 Å². The van der Waals surface area contributed by atoms with E-state index >= 15 is 0 Å². The Morgan fingerprint density at radius 1 is 1.43 bits per heavy atom. The number of Topliss-reactive ketones (excluding diaryl/α,β-unsaturated/α-hetero) is 1. The molecule has 0 bridgehead atoms. The maximum atomic E-state index is 11.1. The van der Waals surface area contributed by atoms with Crippen molar-refractivity contribution >= 4 is 34.1 Å². The number of hydrogen-bond donors (Lipinski definition) is 0. The summed E-state index contributed by atoms with van der Waals surface area (Å²) >= 11 is 2.33. The first-order valence-corrected chi connectivity index (χ1v) is 5.77. The summed E-state index contributed by atoms with van der Waals surface area (Å²) in [5, 5.41) is 0. The van der Waals surface area contributed by atoms with Crippen molar-refractivity contribution in [2.24, 2.45) is 0 Å². The molecule has 74 valence electrons. The van der Waals surface area contributed by atoms with Gasteiger partial charge in [-0.25, -0.2) is 0 Å². The molecule has 0 atom stereocenters. The van der Waals surface area contributed by atoms with E-state index in [9.17, 15) is 4.79 Å². The molecule has 1 aliphatic rings. The van der Waals surface area contributed by atoms with Crippen LogP contribution in [0.15, 0.2) is 18.2 Å². The number of anilines is 1. The highest BCUT2D eigenvalue weighted by Gasteiger charge is 2.19. The average molecular weight is 301 g/mol. The summed E-state index contributed by atoms with van der Waals surface area (Å²) in [5.74, 6) is 0.348. The van der Waals surface area contributed by atoms with Crippen molar-refractivity contribution in [2.75, 3.05) is 18.0 Å². The van der Waals surface area contributed by atoms with Crippen LogP contribution in [0.4, 0.5) is 5.69 Å². The maximum absolute atomic E-state index is 11.1. The second-order valence-corrected chi connectivity index (χ2v) is 4.81. The van der Waals surface area contributed by atoms with Gasteiger partial charge in [-0.3, -0.25) is 4.79 Å². The molecule has 0 aliphatic carbocycles. The minimum atomic E-state index is 0.348. The zero-order valence-corrected chi connectivity index (χ0v) is 10.2. The fourth-order valence-corrected chi connectivity index (χ4v) is 2.13. The Morgan fingerprint density at radius 2 is 2.21 bits per heavy atom. The Balaban J connectivity index is 2.24. The zero-order valence-electron chi connectivity index (χ0n) is 8.09. The van der Waals surface area contributed by atoms with Gasteiger partial charge in [0.15, 0.2) is 5.78 Å². The Morgan fingerprint density at radius 3 is 2.79 bits per heavy atom. The van der Waals surface area contributed by atoms with Crippen LogP contribution in [-0.4, -0.2) is 18.9 Å². The molecule has 0 N–H and O–H groups in total. The topological polar surface area (TPSA) is 20.3 Å². The van der Waals surface area contributed by atoms with Crippen LogP contribution in [0.1, 0.15) is 12.0 Å². The molecule has 1 saturated heterocycles. The van der Waals surface area contributed by atoms with Crippen molar-refractivity contribution in [3.8, 4) is 0 Å². The van der Waals surface area contributed by atoms with E-state index < -0.39 is 0 Å². The molecule has 1 aliphatic heterocycles. The maximum Gasteiger partial charge on any atom is 0.153 e. The van der Waals surface area contributed by atoms with Crippen LogP contribution < -0.4 is 4.90 Å². The predicted octanol–water partition coefficient (Wildman–Crippen LogP) is 2.38. The smallest absolute Gasteiger partial charge is 0.153 e. The van der Waals surface area contributed by atoms with Gasteiger partial charge in [0.1, 0.15) is 0 Å². The lowest BCUT2D eigenvalue weighted by Gasteiger charge is -2.17. The predicted molar refractivity (Wildman–Crippen MR) is 65.7 cm³/mol. The summed E-state index contributed by atoms with van der Waals surface area (Å²) in [6.07, 6.45) is 0.699. The van der Waals surface area contributed by atoms with Gasteiger partial charge in [0.25, 0.3) is 0 Å². The zero-order chi connectivity index (χ0) is 10.1. The number of carbonyl (C=O) groups excluding carboxylic acids is 1. The van der Waals surface area contributed by atoms with E-state index in [0.717, 1.165) is 6.54 Å². The molecule has 1 aromatic rings. The van der Waals surface area contributed by atoms with E-state index in [1.165, 1.54) is 14.8 Å². The molecule has 0 aromatic heterocycles. The number of carbonyl (C=O) groups is 1. The normalized spacial score (nSPS) is 16.4. The van der Waals surface area contributed by atoms with Crippen molar-refractivity contribution in [1.82, 2.24) is 0 Å². The number of nitrogens with zero attached hydrogens (tertiary/aromatic N) is 1. The van der Waals surface area contributed by atoms with E-state index in [1.54, 1.807) is 0 Å². The van der Waals surface area contributed by atoms with Crippen LogP contribution in [-0.2, 0) is 4.79 Å². The minimum absolute atomic E-state index is 0.348. The molecular weight excluding hydrogens is 289 g/mol. The fourth-order valence-electron chi connectivity index (χ4n) is 1.63. The van der Waals surface area contributed by atoms with Gasteiger partial charge in [-0.05, 0) is 47.2 Å². The molecule has 0 unspecified atom stereocenters. The summed E-state index contributed by atoms with van der Waals surface area (Å²) in [4.78, 5) is 13.3. The number of hydrogen-bond acceptors (Lipinski definition) is 2. The van der Waals surface area contributed by atoms with E-state index in [1.807, 2.05) is 0 Å². The third-order valence-corrected chi connectivity index (χ3v) is 3.71. The number of benzene rings is 1. The van der Waals surface area contributed by atoms with E-state index in [-0.39, 0.29) is 0 Å². The van der Waals surface area contributed by atoms with Crippen molar-refractivity contribution < 1.29 is 4.79 Å². The molecule has 2 nitrogen and oxygen atoms in total. The van der Waals surface area contributed by atoms with Gasteiger partial charge in [-0.2, -0.15) is 0 Å². The highest BCUT2D eigenvalue weighted by atomic mass is 127. The Kier molecular flexibility index (Phi) is 2.76. The fraction of sp³-hybridized carbons (Fsp3) is 0.364. The molecule has 0 amide bonds. The van der Waals surface area contributed by atoms with Crippen LogP contribution in [0.5, 0.6) is 0 Å². The molecule has 1 aromatic carbocycles. The van der Waals surface area contributed by atoms with Gasteiger partial charge in [-0.1, -0.05) is 6.07 Å². The largest absolute Gasteiger partial charge is 0.364 e. The van der Waals surface area contributed by atoms with Crippen molar-refractivity contribution in [1.29, 1.82) is 0 Å². The monoisotopic (exact) mass is 301 g/mol. The van der Waals surface area contributed by atoms with Gasteiger partial charge in [0.2, 0.25) is 0 Å². The van der Waals surface area contributed by atoms with Crippen LogP contribution in [0.3, 0.4) is 0 Å². The molecule has 0 radical (unpaired) electrons. The summed E-state index contributed by atoms with van der Waals surface area (Å²) in [7, 11) is 0. The lowest BCUT2D eigenvalue weighted by Crippen LogP contribution is -2.19. The van der Waals surface area contributed by atoms with Crippen LogP contribution >= 0.6 is 22.6 Å². The van der Waals surface area contributed by atoms with Crippen LogP contribution in [0.25, 0.3) is 0 Å². The van der Waals surface area contributed by atoms with Crippen molar-refractivity contribution in [3.63, 3.8) is 0 Å². The molecule has 1 fully saturated rings. The first-order valence-electron chi connectivity index (χ1n) is 4.69. The van der Waals surface area contributed by atoms with Gasteiger partial charge < -0.3 is 4.90 Å². The van der Waals surface area contributed by atoms with Crippen molar-refractivity contribution in [3.05, 3.63) is 27.3 Å². The minimum Gasteiger partial charge on any atom is -0.364 e. The van der Waals surface area contributed by atoms with Gasteiger partial charge in [0, 0.05) is 22.2 Å². The third kappa shape index (κ3) is 1.92. The highest BCUT2D eigenvalue weighted by molar-refractivity contribution is 14.1. The Bertz CT molecular complexity index is 376. The first kappa shape index (κ1) is 9.96. The lowest BCUT2D eigenvalue weighted by molar-refractivity contribution is -0.116. The number of aryl methyl sites for hydroxylation is 1. The van der Waals surface area contributed by atoms with E-state index in [4.69, 9.17) is 0 Å². The SMILES string of the molecule is Cc1ccc(N2CCC(=O)C2)cc1I. The standard InChI is InChI=1S/C11H12INO/c1-8-2-3-9(6-11(8)12)13-5-4-10(14)7-13/h2-3,6H,4-5,7H2,1H3. The molecule has 0 spiro atoms. The van der Waals surface area contributed by atoms with Gasteiger partial charge in [-0.15, -0.1) is 0 Å².